The average Bonchev–Trinajstić information content (AvgIpc) is 1.82. The van der Waals surface area contributed by atoms with Crippen molar-refractivity contribution in [1.29, 1.82) is 0 Å². The monoisotopic (exact) mass is 130 g/mol. The zero-order valence-electron chi connectivity index (χ0n) is 6.65. The highest BCUT2D eigenvalue weighted by atomic mass is 15.2. The van der Waals surface area contributed by atoms with Crippen molar-refractivity contribution in [3.05, 3.63) is 0 Å². The number of nitrogens with one attached hydrogen (secondary N) is 2. The van der Waals surface area contributed by atoms with Crippen LogP contribution in [0.15, 0.2) is 0 Å². The summed E-state index contributed by atoms with van der Waals surface area (Å²) < 4.78 is 2.00. The fourth-order valence-electron chi connectivity index (χ4n) is 0.638. The van der Waals surface area contributed by atoms with Crippen molar-refractivity contribution in [2.24, 2.45) is 0 Å². The summed E-state index contributed by atoms with van der Waals surface area (Å²) in [6, 6.07) is 0. The average molecular weight is 130 g/mol. The normalized spacial score (nSPS) is 8.44. The lowest BCUT2D eigenvalue weighted by molar-refractivity contribution is -0.468. The van der Waals surface area contributed by atoms with E-state index in [9.17, 15) is 0 Å². The van der Waals surface area contributed by atoms with Crippen LogP contribution in [-0.4, -0.2) is 38.2 Å². The molecule has 3 nitrogen and oxygen atoms in total. The van der Waals surface area contributed by atoms with Crippen molar-refractivity contribution in [2.45, 2.75) is 6.92 Å². The Bertz CT molecular complexity index is 103. The van der Waals surface area contributed by atoms with E-state index in [0.717, 1.165) is 12.5 Å². The highest BCUT2D eigenvalue weighted by Crippen LogP contribution is 1.61. The number of hydrogen-bond donors (Lipinski definition) is 2. The lowest BCUT2D eigenvalue weighted by Gasteiger charge is -2.01. The summed E-state index contributed by atoms with van der Waals surface area (Å²) in [4.78, 5) is 0. The van der Waals surface area contributed by atoms with Gasteiger partial charge in [-0.25, -0.2) is 0 Å². The Kier molecular flexibility index (Phi) is 3.84. The van der Waals surface area contributed by atoms with Crippen LogP contribution in [0.5, 0.6) is 0 Å². The van der Waals surface area contributed by atoms with Crippen LogP contribution in [0.2, 0.25) is 0 Å². The van der Waals surface area contributed by atoms with Crippen LogP contribution in [0.4, 0.5) is 0 Å². The molecule has 0 unspecified atom stereocenters. The van der Waals surface area contributed by atoms with Crippen molar-refractivity contribution in [3.8, 4) is 0 Å². The van der Waals surface area contributed by atoms with Gasteiger partial charge in [0.25, 0.3) is 0 Å². The summed E-state index contributed by atoms with van der Waals surface area (Å²) in [6.45, 7) is 3.02. The minimum absolute atomic E-state index is 0.953. The maximum atomic E-state index is 3.16. The molecule has 0 spiro atoms. The SMILES string of the molecule is CCNC(NC)=[N+](C)C. The highest BCUT2D eigenvalue weighted by molar-refractivity contribution is 5.74. The van der Waals surface area contributed by atoms with Gasteiger partial charge in [0.05, 0.1) is 27.7 Å². The molecule has 3 heteroatoms. The lowest BCUT2D eigenvalue weighted by atomic mass is 10.7. The van der Waals surface area contributed by atoms with Crippen LogP contribution in [-0.2, 0) is 0 Å². The quantitative estimate of drug-likeness (QED) is 0.283. The van der Waals surface area contributed by atoms with Gasteiger partial charge in [-0.05, 0) is 6.92 Å². The predicted octanol–water partition coefficient (Wildman–Crippen LogP) is -0.557. The fourth-order valence-corrected chi connectivity index (χ4v) is 0.638. The third-order valence-electron chi connectivity index (χ3n) is 1.03. The summed E-state index contributed by atoms with van der Waals surface area (Å²) in [5, 5.41) is 6.20. The van der Waals surface area contributed by atoms with E-state index in [4.69, 9.17) is 0 Å². The Morgan fingerprint density at radius 2 is 2.00 bits per heavy atom. The van der Waals surface area contributed by atoms with E-state index in [1.54, 1.807) is 0 Å². The number of hydrogen-bond acceptors (Lipinski definition) is 0. The lowest BCUT2D eigenvalue weighted by Crippen LogP contribution is -2.40. The van der Waals surface area contributed by atoms with Crippen LogP contribution < -0.4 is 10.6 Å². The van der Waals surface area contributed by atoms with E-state index in [0.29, 0.717) is 0 Å². The van der Waals surface area contributed by atoms with Crippen LogP contribution >= 0.6 is 0 Å². The van der Waals surface area contributed by atoms with Crippen molar-refractivity contribution >= 4 is 5.96 Å². The topological polar surface area (TPSA) is 27.1 Å². The van der Waals surface area contributed by atoms with E-state index in [-0.39, 0.29) is 0 Å². The van der Waals surface area contributed by atoms with Gasteiger partial charge in [-0.3, -0.25) is 15.2 Å². The second kappa shape index (κ2) is 4.18. The first-order chi connectivity index (χ1) is 4.22. The third kappa shape index (κ3) is 2.95. The second-order valence-corrected chi connectivity index (χ2v) is 2.02. The van der Waals surface area contributed by atoms with E-state index < -0.39 is 0 Å². The predicted molar refractivity (Wildman–Crippen MR) is 39.9 cm³/mol. The molecular formula is C6H16N3+. The number of rotatable bonds is 1. The molecule has 0 radical (unpaired) electrons. The van der Waals surface area contributed by atoms with Gasteiger partial charge >= 0.3 is 5.96 Å². The molecule has 0 saturated carbocycles. The molecule has 0 saturated heterocycles. The van der Waals surface area contributed by atoms with Crippen LogP contribution in [0.3, 0.4) is 0 Å². The summed E-state index contributed by atoms with van der Waals surface area (Å²) in [7, 11) is 5.89. The molecule has 0 amide bonds. The van der Waals surface area contributed by atoms with Gasteiger partial charge in [0, 0.05) is 0 Å². The summed E-state index contributed by atoms with van der Waals surface area (Å²) in [5.41, 5.74) is 0. The third-order valence-corrected chi connectivity index (χ3v) is 1.03. The molecule has 0 aromatic rings. The molecule has 9 heavy (non-hydrogen) atoms. The van der Waals surface area contributed by atoms with Crippen LogP contribution in [0, 0.1) is 0 Å². The Balaban J connectivity index is 3.83. The molecule has 0 fully saturated rings. The Labute approximate surface area is 56.8 Å². The molecule has 0 aromatic heterocycles. The zero-order valence-corrected chi connectivity index (χ0v) is 6.65. The van der Waals surface area contributed by atoms with Gasteiger partial charge in [-0.1, -0.05) is 0 Å². The molecule has 0 aromatic carbocycles. The van der Waals surface area contributed by atoms with Crippen LogP contribution in [0.1, 0.15) is 6.92 Å². The van der Waals surface area contributed by atoms with Gasteiger partial charge < -0.3 is 0 Å². The van der Waals surface area contributed by atoms with E-state index in [1.165, 1.54) is 0 Å². The minimum Gasteiger partial charge on any atom is -0.281 e. The Morgan fingerprint density at radius 1 is 1.44 bits per heavy atom. The fraction of sp³-hybridized carbons (Fsp3) is 0.833. The van der Waals surface area contributed by atoms with E-state index in [2.05, 4.69) is 17.6 Å². The molecular weight excluding hydrogens is 114 g/mol. The highest BCUT2D eigenvalue weighted by Gasteiger charge is 1.98. The van der Waals surface area contributed by atoms with Crippen molar-refractivity contribution in [1.82, 2.24) is 10.6 Å². The smallest absolute Gasteiger partial charge is 0.281 e. The van der Waals surface area contributed by atoms with Crippen molar-refractivity contribution in [3.63, 3.8) is 0 Å². The summed E-state index contributed by atoms with van der Waals surface area (Å²) in [5.74, 6) is 1.05. The Hall–Kier alpha value is -0.730. The molecule has 0 bridgehead atoms. The Morgan fingerprint density at radius 3 is 2.11 bits per heavy atom. The molecule has 0 aliphatic carbocycles. The maximum absolute atomic E-state index is 3.16. The first-order valence-corrected chi connectivity index (χ1v) is 3.18. The summed E-state index contributed by atoms with van der Waals surface area (Å²) in [6.07, 6.45) is 0. The maximum Gasteiger partial charge on any atom is 0.345 e. The minimum atomic E-state index is 0.953. The first-order valence-electron chi connectivity index (χ1n) is 3.18. The van der Waals surface area contributed by atoms with Gasteiger partial charge in [0.2, 0.25) is 0 Å². The molecule has 0 heterocycles. The van der Waals surface area contributed by atoms with Gasteiger partial charge in [0.1, 0.15) is 0 Å². The molecule has 54 valence electrons. The molecule has 0 atom stereocenters. The van der Waals surface area contributed by atoms with Crippen molar-refractivity contribution < 1.29 is 4.58 Å². The van der Waals surface area contributed by atoms with Crippen molar-refractivity contribution in [2.75, 3.05) is 27.7 Å². The number of nitrogens with zero attached hydrogens (tertiary/aromatic N) is 1. The molecule has 0 rings (SSSR count). The summed E-state index contributed by atoms with van der Waals surface area (Å²) >= 11 is 0. The standard InChI is InChI=1S/C6H15N3/c1-5-8-6(7-2)9(3)4/h5H2,1-4H3,(H,7,8)/p+1. The van der Waals surface area contributed by atoms with Crippen LogP contribution in [0.25, 0.3) is 0 Å². The van der Waals surface area contributed by atoms with Gasteiger partial charge in [-0.2, -0.15) is 0 Å². The zero-order chi connectivity index (χ0) is 7.28. The molecule has 0 aliphatic rings. The number of guanidine groups is 1. The second-order valence-electron chi connectivity index (χ2n) is 2.02. The molecule has 0 aliphatic heterocycles. The van der Waals surface area contributed by atoms with Gasteiger partial charge in [-0.15, -0.1) is 0 Å². The van der Waals surface area contributed by atoms with E-state index in [1.807, 2.05) is 25.7 Å². The first kappa shape index (κ1) is 8.27. The van der Waals surface area contributed by atoms with Gasteiger partial charge in [0.15, 0.2) is 0 Å². The molecule has 2 N–H and O–H groups in total. The largest absolute Gasteiger partial charge is 0.345 e. The van der Waals surface area contributed by atoms with E-state index >= 15 is 0 Å².